The predicted octanol–water partition coefficient (Wildman–Crippen LogP) is 3.05. The number of aliphatic carboxylic acids is 1. The van der Waals surface area contributed by atoms with Gasteiger partial charge in [-0.15, -0.1) is 0 Å². The van der Waals surface area contributed by atoms with Crippen molar-refractivity contribution in [3.63, 3.8) is 0 Å². The van der Waals surface area contributed by atoms with Crippen LogP contribution in [0.3, 0.4) is 0 Å². The van der Waals surface area contributed by atoms with Crippen molar-refractivity contribution in [2.24, 2.45) is 0 Å². The standard InChI is InChI=1S/C17H13FO4/c18-13-3-1-2-12(10-13)15(19)11-4-6-14(7-5-11)22-17(8-9-17)16(20)21/h1-7,10H,8-9H2,(H,20,21). The molecule has 1 fully saturated rings. The number of rotatable bonds is 5. The number of hydrogen-bond acceptors (Lipinski definition) is 3. The lowest BCUT2D eigenvalue weighted by Crippen LogP contribution is -2.28. The molecule has 0 radical (unpaired) electrons. The maximum absolute atomic E-state index is 13.1. The second-order valence-corrected chi connectivity index (χ2v) is 5.27. The largest absolute Gasteiger partial charge is 0.478 e. The minimum atomic E-state index is -1.12. The Morgan fingerprint density at radius 3 is 2.27 bits per heavy atom. The summed E-state index contributed by atoms with van der Waals surface area (Å²) >= 11 is 0. The summed E-state index contributed by atoms with van der Waals surface area (Å²) in [7, 11) is 0. The van der Waals surface area contributed by atoms with Crippen LogP contribution in [0.25, 0.3) is 0 Å². The van der Waals surface area contributed by atoms with Crippen molar-refractivity contribution in [1.29, 1.82) is 0 Å². The molecule has 3 rings (SSSR count). The third-order valence-corrected chi connectivity index (χ3v) is 3.61. The number of carbonyl (C=O) groups excluding carboxylic acids is 1. The van der Waals surface area contributed by atoms with Crippen molar-refractivity contribution in [1.82, 2.24) is 0 Å². The lowest BCUT2D eigenvalue weighted by Gasteiger charge is -2.13. The van der Waals surface area contributed by atoms with Gasteiger partial charge in [0, 0.05) is 24.0 Å². The molecule has 2 aromatic carbocycles. The van der Waals surface area contributed by atoms with Gasteiger partial charge in [0.15, 0.2) is 5.78 Å². The maximum atomic E-state index is 13.1. The Kier molecular flexibility index (Phi) is 3.41. The second-order valence-electron chi connectivity index (χ2n) is 5.27. The first-order valence-electron chi connectivity index (χ1n) is 6.83. The number of hydrogen-bond donors (Lipinski definition) is 1. The van der Waals surface area contributed by atoms with E-state index in [2.05, 4.69) is 0 Å². The van der Waals surface area contributed by atoms with Crippen LogP contribution in [0.15, 0.2) is 48.5 Å². The lowest BCUT2D eigenvalue weighted by molar-refractivity contribution is -0.147. The van der Waals surface area contributed by atoms with E-state index < -0.39 is 17.4 Å². The summed E-state index contributed by atoms with van der Waals surface area (Å²) in [4.78, 5) is 23.3. The SMILES string of the molecule is O=C(c1ccc(OC2(C(=O)O)CC2)cc1)c1cccc(F)c1. The molecule has 0 aromatic heterocycles. The predicted molar refractivity (Wildman–Crippen MR) is 76.5 cm³/mol. The molecule has 0 bridgehead atoms. The van der Waals surface area contributed by atoms with Crippen LogP contribution in [0.4, 0.5) is 4.39 Å². The van der Waals surface area contributed by atoms with E-state index in [-0.39, 0.29) is 11.3 Å². The Bertz CT molecular complexity index is 733. The normalized spacial score (nSPS) is 15.1. The van der Waals surface area contributed by atoms with E-state index in [0.717, 1.165) is 0 Å². The van der Waals surface area contributed by atoms with E-state index in [9.17, 15) is 14.0 Å². The fraction of sp³-hybridized carbons (Fsp3) is 0.176. The molecule has 22 heavy (non-hydrogen) atoms. The van der Waals surface area contributed by atoms with E-state index in [0.29, 0.717) is 24.2 Å². The van der Waals surface area contributed by atoms with Gasteiger partial charge >= 0.3 is 5.97 Å². The number of carboxylic acid groups (broad SMARTS) is 1. The van der Waals surface area contributed by atoms with Crippen molar-refractivity contribution < 1.29 is 23.8 Å². The van der Waals surface area contributed by atoms with Crippen LogP contribution in [0.2, 0.25) is 0 Å². The molecule has 4 nitrogen and oxygen atoms in total. The molecule has 0 amide bonds. The van der Waals surface area contributed by atoms with E-state index in [1.807, 2.05) is 0 Å². The number of ketones is 1. The molecular weight excluding hydrogens is 287 g/mol. The van der Waals surface area contributed by atoms with Crippen molar-refractivity contribution in [3.8, 4) is 5.75 Å². The van der Waals surface area contributed by atoms with Gasteiger partial charge in [0.1, 0.15) is 11.6 Å². The summed E-state index contributed by atoms with van der Waals surface area (Å²) in [6.45, 7) is 0. The van der Waals surface area contributed by atoms with E-state index in [1.54, 1.807) is 30.3 Å². The highest BCUT2D eigenvalue weighted by molar-refractivity contribution is 6.09. The van der Waals surface area contributed by atoms with Crippen molar-refractivity contribution in [2.75, 3.05) is 0 Å². The fourth-order valence-electron chi connectivity index (χ4n) is 2.17. The van der Waals surface area contributed by atoms with Crippen LogP contribution < -0.4 is 4.74 Å². The molecule has 0 saturated heterocycles. The molecule has 0 heterocycles. The quantitative estimate of drug-likeness (QED) is 0.862. The molecule has 2 aromatic rings. The molecule has 1 N–H and O–H groups in total. The molecule has 0 atom stereocenters. The van der Waals surface area contributed by atoms with Crippen LogP contribution >= 0.6 is 0 Å². The molecule has 1 aliphatic rings. The zero-order valence-corrected chi connectivity index (χ0v) is 11.6. The zero-order chi connectivity index (χ0) is 15.7. The van der Waals surface area contributed by atoms with Gasteiger partial charge in [0.2, 0.25) is 5.60 Å². The third kappa shape index (κ3) is 2.70. The Morgan fingerprint density at radius 1 is 1.05 bits per heavy atom. The van der Waals surface area contributed by atoms with Crippen molar-refractivity contribution >= 4 is 11.8 Å². The average Bonchev–Trinajstić information content (AvgIpc) is 3.28. The molecule has 1 aliphatic carbocycles. The van der Waals surface area contributed by atoms with E-state index >= 15 is 0 Å². The maximum Gasteiger partial charge on any atom is 0.348 e. The average molecular weight is 300 g/mol. The van der Waals surface area contributed by atoms with Gasteiger partial charge in [0.05, 0.1) is 0 Å². The molecule has 0 spiro atoms. The number of benzene rings is 2. The molecule has 5 heteroatoms. The Hall–Kier alpha value is -2.69. The van der Waals surface area contributed by atoms with Crippen LogP contribution in [-0.4, -0.2) is 22.5 Å². The Morgan fingerprint density at radius 2 is 1.73 bits per heavy atom. The Labute approximate surface area is 126 Å². The zero-order valence-electron chi connectivity index (χ0n) is 11.6. The summed E-state index contributed by atoms with van der Waals surface area (Å²) in [5, 5.41) is 9.07. The summed E-state index contributed by atoms with van der Waals surface area (Å²) in [6, 6.07) is 11.7. The number of carboxylic acids is 1. The minimum Gasteiger partial charge on any atom is -0.478 e. The third-order valence-electron chi connectivity index (χ3n) is 3.61. The number of halogens is 1. The molecule has 112 valence electrons. The summed E-state index contributed by atoms with van der Waals surface area (Å²) in [5.74, 6) is -1.35. The molecule has 0 unspecified atom stereocenters. The van der Waals surface area contributed by atoms with Gasteiger partial charge < -0.3 is 9.84 Å². The summed E-state index contributed by atoms with van der Waals surface area (Å²) in [6.07, 6.45) is 0.957. The van der Waals surface area contributed by atoms with Gasteiger partial charge in [0.25, 0.3) is 0 Å². The van der Waals surface area contributed by atoms with Crippen molar-refractivity contribution in [2.45, 2.75) is 18.4 Å². The van der Waals surface area contributed by atoms with Crippen LogP contribution in [0.1, 0.15) is 28.8 Å². The first kappa shape index (κ1) is 14.3. The van der Waals surface area contributed by atoms with Crippen LogP contribution in [-0.2, 0) is 4.79 Å². The van der Waals surface area contributed by atoms with Gasteiger partial charge in [-0.05, 0) is 36.4 Å². The first-order valence-corrected chi connectivity index (χ1v) is 6.83. The van der Waals surface area contributed by atoms with E-state index in [1.165, 1.54) is 18.2 Å². The van der Waals surface area contributed by atoms with Gasteiger partial charge in [-0.25, -0.2) is 9.18 Å². The highest BCUT2D eigenvalue weighted by Gasteiger charge is 2.53. The summed E-state index contributed by atoms with van der Waals surface area (Å²) in [5.41, 5.74) is -0.468. The minimum absolute atomic E-state index is 0.262. The van der Waals surface area contributed by atoms with Crippen LogP contribution in [0.5, 0.6) is 5.75 Å². The smallest absolute Gasteiger partial charge is 0.348 e. The molecule has 0 aliphatic heterocycles. The first-order chi connectivity index (χ1) is 10.5. The van der Waals surface area contributed by atoms with E-state index in [4.69, 9.17) is 9.84 Å². The Balaban J connectivity index is 1.77. The fourth-order valence-corrected chi connectivity index (χ4v) is 2.17. The van der Waals surface area contributed by atoms with Gasteiger partial charge in [-0.2, -0.15) is 0 Å². The second kappa shape index (κ2) is 5.26. The topological polar surface area (TPSA) is 63.6 Å². The van der Waals surface area contributed by atoms with Gasteiger partial charge in [-0.3, -0.25) is 4.79 Å². The lowest BCUT2D eigenvalue weighted by atomic mass is 10.0. The molecular formula is C17H13FO4. The van der Waals surface area contributed by atoms with Gasteiger partial charge in [-0.1, -0.05) is 12.1 Å². The number of carbonyl (C=O) groups is 2. The van der Waals surface area contributed by atoms with Crippen molar-refractivity contribution in [3.05, 3.63) is 65.5 Å². The molecule has 1 saturated carbocycles. The summed E-state index contributed by atoms with van der Waals surface area (Å²) < 4.78 is 18.6. The highest BCUT2D eigenvalue weighted by Crippen LogP contribution is 2.40. The number of ether oxygens (including phenoxy) is 1. The monoisotopic (exact) mass is 300 g/mol. The highest BCUT2D eigenvalue weighted by atomic mass is 19.1. The van der Waals surface area contributed by atoms with Crippen LogP contribution in [0, 0.1) is 5.82 Å².